The zero-order chi connectivity index (χ0) is 18.0. The van der Waals surface area contributed by atoms with Gasteiger partial charge in [-0.2, -0.15) is 22.5 Å². The molecule has 0 aliphatic heterocycles. The van der Waals surface area contributed by atoms with E-state index in [1.54, 1.807) is 12.1 Å². The van der Waals surface area contributed by atoms with Crippen molar-refractivity contribution in [3.8, 4) is 11.4 Å². The molecule has 2 rings (SSSR count). The summed E-state index contributed by atoms with van der Waals surface area (Å²) in [6.45, 7) is 2.45. The van der Waals surface area contributed by atoms with Crippen molar-refractivity contribution in [2.45, 2.75) is 26.1 Å². The van der Waals surface area contributed by atoms with Crippen molar-refractivity contribution in [2.24, 2.45) is 0 Å². The summed E-state index contributed by atoms with van der Waals surface area (Å²) in [6, 6.07) is 6.28. The van der Waals surface area contributed by atoms with Gasteiger partial charge < -0.3 is 4.52 Å². The fourth-order valence-electron chi connectivity index (χ4n) is 2.03. The van der Waals surface area contributed by atoms with E-state index in [4.69, 9.17) is 0 Å². The molecule has 0 fully saturated rings. The van der Waals surface area contributed by atoms with Crippen LogP contribution in [-0.2, 0) is 22.7 Å². The molecule has 6 nitrogen and oxygen atoms in total. The highest BCUT2D eigenvalue weighted by Crippen LogP contribution is 2.29. The molecule has 0 saturated carbocycles. The van der Waals surface area contributed by atoms with Crippen LogP contribution < -0.4 is 0 Å². The Kier molecular flexibility index (Phi) is 5.29. The van der Waals surface area contributed by atoms with Crippen molar-refractivity contribution in [3.63, 3.8) is 0 Å². The van der Waals surface area contributed by atoms with E-state index in [1.165, 1.54) is 16.4 Å². The van der Waals surface area contributed by atoms with Gasteiger partial charge in [0, 0.05) is 18.7 Å². The van der Waals surface area contributed by atoms with Crippen molar-refractivity contribution < 1.29 is 26.1 Å². The fraction of sp³-hybridized carbons (Fsp3) is 0.429. The summed E-state index contributed by atoms with van der Waals surface area (Å²) in [5, 5.41) is 3.30. The molecule has 1 aromatic heterocycles. The lowest BCUT2D eigenvalue weighted by Crippen LogP contribution is -2.30. The Morgan fingerprint density at radius 1 is 1.21 bits per heavy atom. The fourth-order valence-corrected chi connectivity index (χ4v) is 2.93. The maximum Gasteiger partial charge on any atom is 0.471 e. The summed E-state index contributed by atoms with van der Waals surface area (Å²) >= 11 is 0. The average Bonchev–Trinajstić information content (AvgIpc) is 2.96. The summed E-state index contributed by atoms with van der Waals surface area (Å²) in [5.41, 5.74) is 1.05. The molecular weight excluding hydrogens is 347 g/mol. The molecule has 0 N–H and O–H groups in total. The summed E-state index contributed by atoms with van der Waals surface area (Å²) in [7, 11) is -3.33. The zero-order valence-electron chi connectivity index (χ0n) is 13.0. The van der Waals surface area contributed by atoms with Gasteiger partial charge in [-0.25, -0.2) is 8.42 Å². The number of sulfonamides is 1. The Balaban J connectivity index is 2.17. The van der Waals surface area contributed by atoms with Crippen LogP contribution in [0.3, 0.4) is 0 Å². The van der Waals surface area contributed by atoms with Crippen molar-refractivity contribution in [1.82, 2.24) is 14.4 Å². The van der Waals surface area contributed by atoms with E-state index < -0.39 is 22.1 Å². The van der Waals surface area contributed by atoms with Crippen molar-refractivity contribution >= 4 is 10.0 Å². The monoisotopic (exact) mass is 363 g/mol. The van der Waals surface area contributed by atoms with Crippen LogP contribution in [0.25, 0.3) is 11.4 Å². The number of benzene rings is 1. The number of rotatable bonds is 6. The van der Waals surface area contributed by atoms with Crippen molar-refractivity contribution in [3.05, 3.63) is 35.7 Å². The lowest BCUT2D eigenvalue weighted by molar-refractivity contribution is -0.159. The first-order valence-electron chi connectivity index (χ1n) is 7.06. The normalized spacial score (nSPS) is 12.8. The number of nitrogens with zero attached hydrogens (tertiary/aromatic N) is 3. The van der Waals surface area contributed by atoms with Gasteiger partial charge in [0.15, 0.2) is 0 Å². The highest BCUT2D eigenvalue weighted by Gasteiger charge is 2.38. The number of alkyl halides is 3. The van der Waals surface area contributed by atoms with E-state index in [1.807, 2.05) is 6.92 Å². The van der Waals surface area contributed by atoms with Gasteiger partial charge >= 0.3 is 12.1 Å². The van der Waals surface area contributed by atoms with Gasteiger partial charge in [-0.1, -0.05) is 36.3 Å². The Labute approximate surface area is 137 Å². The van der Waals surface area contributed by atoms with E-state index in [0.29, 0.717) is 24.1 Å². The molecule has 0 aliphatic rings. The van der Waals surface area contributed by atoms with Gasteiger partial charge in [0.2, 0.25) is 15.8 Å². The Bertz CT molecular complexity index is 786. The van der Waals surface area contributed by atoms with Crippen LogP contribution in [-0.4, -0.2) is 35.7 Å². The van der Waals surface area contributed by atoms with Crippen LogP contribution in [0.2, 0.25) is 0 Å². The molecule has 0 unspecified atom stereocenters. The summed E-state index contributed by atoms with van der Waals surface area (Å²) in [4.78, 5) is 3.30. The third-order valence-corrected chi connectivity index (χ3v) is 4.43. The van der Waals surface area contributed by atoms with Gasteiger partial charge in [0.05, 0.1) is 6.26 Å². The lowest BCUT2D eigenvalue weighted by atomic mass is 10.1. The minimum absolute atomic E-state index is 0.178. The van der Waals surface area contributed by atoms with Crippen molar-refractivity contribution in [1.29, 1.82) is 0 Å². The maximum absolute atomic E-state index is 12.5. The van der Waals surface area contributed by atoms with E-state index in [-0.39, 0.29) is 12.4 Å². The van der Waals surface area contributed by atoms with Crippen LogP contribution in [0.5, 0.6) is 0 Å². The van der Waals surface area contributed by atoms with Crippen molar-refractivity contribution in [2.75, 3.05) is 12.8 Å². The first-order chi connectivity index (χ1) is 11.1. The summed E-state index contributed by atoms with van der Waals surface area (Å²) in [5.74, 6) is -1.59. The molecule has 24 heavy (non-hydrogen) atoms. The summed E-state index contributed by atoms with van der Waals surface area (Å²) in [6.07, 6.45) is -2.88. The second-order valence-electron chi connectivity index (χ2n) is 5.21. The van der Waals surface area contributed by atoms with Crippen LogP contribution in [0.1, 0.15) is 24.8 Å². The van der Waals surface area contributed by atoms with E-state index in [9.17, 15) is 21.6 Å². The number of halogens is 3. The molecule has 0 atom stereocenters. The quantitative estimate of drug-likeness (QED) is 0.789. The number of hydrogen-bond acceptors (Lipinski definition) is 5. The van der Waals surface area contributed by atoms with Gasteiger partial charge in [0.25, 0.3) is 0 Å². The smallest absolute Gasteiger partial charge is 0.329 e. The minimum atomic E-state index is -4.69. The molecule has 10 heteroatoms. The molecule has 0 aliphatic carbocycles. The first kappa shape index (κ1) is 18.4. The van der Waals surface area contributed by atoms with Gasteiger partial charge in [-0.3, -0.25) is 0 Å². The second-order valence-corrected chi connectivity index (χ2v) is 7.20. The minimum Gasteiger partial charge on any atom is -0.329 e. The number of aromatic nitrogens is 2. The van der Waals surface area contributed by atoms with Crippen LogP contribution >= 0.6 is 0 Å². The topological polar surface area (TPSA) is 76.3 Å². The SMILES string of the molecule is CCCN(Cc1ccc(-c2noc(C(F)(F)F)n2)cc1)S(C)(=O)=O. The Hall–Kier alpha value is -1.94. The molecular formula is C14H16F3N3O3S. The van der Waals surface area contributed by atoms with Crippen LogP contribution in [0, 0.1) is 0 Å². The van der Waals surface area contributed by atoms with Gasteiger partial charge in [-0.05, 0) is 12.0 Å². The standard InChI is InChI=1S/C14H16F3N3O3S/c1-3-8-20(24(2,21)22)9-10-4-6-11(7-5-10)12-18-13(23-19-12)14(15,16)17/h4-7H,3,8-9H2,1-2H3. The molecule has 2 aromatic rings. The molecule has 1 heterocycles. The number of hydrogen-bond donors (Lipinski definition) is 0. The first-order valence-corrected chi connectivity index (χ1v) is 8.91. The average molecular weight is 363 g/mol. The van der Waals surface area contributed by atoms with Gasteiger partial charge in [0.1, 0.15) is 0 Å². The maximum atomic E-state index is 12.5. The van der Waals surface area contributed by atoms with Gasteiger partial charge in [-0.15, -0.1) is 0 Å². The second kappa shape index (κ2) is 6.89. The third kappa shape index (κ3) is 4.54. The third-order valence-electron chi connectivity index (χ3n) is 3.18. The summed E-state index contributed by atoms with van der Waals surface area (Å²) < 4.78 is 66.3. The molecule has 0 bridgehead atoms. The van der Waals surface area contributed by atoms with E-state index in [2.05, 4.69) is 14.7 Å². The highest BCUT2D eigenvalue weighted by atomic mass is 32.2. The highest BCUT2D eigenvalue weighted by molar-refractivity contribution is 7.88. The van der Waals surface area contributed by atoms with E-state index in [0.717, 1.165) is 6.26 Å². The molecule has 0 spiro atoms. The zero-order valence-corrected chi connectivity index (χ0v) is 13.9. The predicted molar refractivity (Wildman–Crippen MR) is 80.3 cm³/mol. The Morgan fingerprint density at radius 2 is 1.83 bits per heavy atom. The largest absolute Gasteiger partial charge is 0.471 e. The molecule has 0 amide bonds. The van der Waals surface area contributed by atoms with Crippen LogP contribution in [0.4, 0.5) is 13.2 Å². The Morgan fingerprint density at radius 3 is 2.29 bits per heavy atom. The van der Waals surface area contributed by atoms with Crippen LogP contribution in [0.15, 0.2) is 28.8 Å². The lowest BCUT2D eigenvalue weighted by Gasteiger charge is -2.19. The van der Waals surface area contributed by atoms with E-state index >= 15 is 0 Å². The molecule has 0 saturated heterocycles. The molecule has 1 aromatic carbocycles. The molecule has 132 valence electrons. The predicted octanol–water partition coefficient (Wildman–Crippen LogP) is 2.93. The molecule has 0 radical (unpaired) electrons.